The molecular weight excluding hydrogens is 487 g/mol. The lowest BCUT2D eigenvalue weighted by atomic mass is 10.1. The van der Waals surface area contributed by atoms with Crippen LogP contribution in [0.5, 0.6) is 0 Å². The molecule has 0 aromatic rings. The highest BCUT2D eigenvalue weighted by molar-refractivity contribution is 14.0. The fourth-order valence-corrected chi connectivity index (χ4v) is 2.78. The predicted molar refractivity (Wildman–Crippen MR) is 127 cm³/mol. The van der Waals surface area contributed by atoms with Crippen LogP contribution in [-0.4, -0.2) is 82.7 Å². The zero-order chi connectivity index (χ0) is 21.0. The number of amides is 1. The molecule has 2 atom stereocenters. The van der Waals surface area contributed by atoms with Crippen LogP contribution in [0.3, 0.4) is 0 Å². The van der Waals surface area contributed by atoms with E-state index in [0.717, 1.165) is 51.8 Å². The lowest BCUT2D eigenvalue weighted by molar-refractivity contribution is 0.0278. The van der Waals surface area contributed by atoms with Gasteiger partial charge in [0.1, 0.15) is 5.60 Å². The maximum atomic E-state index is 12.0. The largest absolute Gasteiger partial charge is 0.444 e. The second kappa shape index (κ2) is 15.1. The molecular formula is C20H41IN4O4. The number of halogens is 1. The van der Waals surface area contributed by atoms with Crippen molar-refractivity contribution in [3.8, 4) is 0 Å². The summed E-state index contributed by atoms with van der Waals surface area (Å²) in [5, 5.41) is 6.59. The Hall–Kier alpha value is -0.810. The molecule has 172 valence electrons. The summed E-state index contributed by atoms with van der Waals surface area (Å²) in [6.07, 6.45) is 1.73. The first-order valence-electron chi connectivity index (χ1n) is 10.3. The van der Waals surface area contributed by atoms with Crippen LogP contribution in [0, 0.1) is 11.8 Å². The van der Waals surface area contributed by atoms with Gasteiger partial charge in [0.2, 0.25) is 0 Å². The van der Waals surface area contributed by atoms with E-state index in [1.165, 1.54) is 0 Å². The molecule has 1 saturated heterocycles. The molecule has 1 heterocycles. The number of nitrogens with one attached hydrogen (secondary N) is 2. The molecule has 0 radical (unpaired) electrons. The number of aliphatic imine (C=N–C) groups is 1. The summed E-state index contributed by atoms with van der Waals surface area (Å²) in [6, 6.07) is 0. The van der Waals surface area contributed by atoms with E-state index in [2.05, 4.69) is 22.5 Å². The van der Waals surface area contributed by atoms with Gasteiger partial charge in [0.25, 0.3) is 0 Å². The second-order valence-electron chi connectivity index (χ2n) is 8.50. The highest BCUT2D eigenvalue weighted by Crippen LogP contribution is 2.12. The summed E-state index contributed by atoms with van der Waals surface area (Å²) in [5.74, 6) is 1.58. The zero-order valence-electron chi connectivity index (χ0n) is 19.0. The summed E-state index contributed by atoms with van der Waals surface area (Å²) in [4.78, 5) is 17.9. The van der Waals surface area contributed by atoms with Crippen molar-refractivity contribution in [1.29, 1.82) is 0 Å². The van der Waals surface area contributed by atoms with Crippen LogP contribution in [0.2, 0.25) is 0 Å². The molecule has 1 fully saturated rings. The average molecular weight is 528 g/mol. The van der Waals surface area contributed by atoms with Crippen molar-refractivity contribution in [2.24, 2.45) is 16.8 Å². The van der Waals surface area contributed by atoms with Crippen molar-refractivity contribution in [1.82, 2.24) is 15.5 Å². The van der Waals surface area contributed by atoms with Crippen molar-refractivity contribution >= 4 is 36.0 Å². The Morgan fingerprint density at radius 1 is 1.34 bits per heavy atom. The Bertz CT molecular complexity index is 480. The van der Waals surface area contributed by atoms with Gasteiger partial charge in [-0.25, -0.2) is 4.79 Å². The Labute approximate surface area is 193 Å². The topological polar surface area (TPSA) is 84.4 Å². The van der Waals surface area contributed by atoms with E-state index in [1.807, 2.05) is 20.8 Å². The Kier molecular flexibility index (Phi) is 14.6. The number of carbonyl (C=O) groups excluding carboxylic acids is 1. The van der Waals surface area contributed by atoms with Gasteiger partial charge in [0.05, 0.1) is 13.2 Å². The van der Waals surface area contributed by atoms with Crippen LogP contribution in [0.15, 0.2) is 4.99 Å². The van der Waals surface area contributed by atoms with Gasteiger partial charge in [-0.3, -0.25) is 4.99 Å². The fourth-order valence-electron chi connectivity index (χ4n) is 2.78. The number of ether oxygens (including phenoxy) is 3. The third-order valence-electron chi connectivity index (χ3n) is 4.27. The summed E-state index contributed by atoms with van der Waals surface area (Å²) < 4.78 is 16.4. The Balaban J connectivity index is 0.00000784. The second-order valence-corrected chi connectivity index (χ2v) is 8.50. The summed E-state index contributed by atoms with van der Waals surface area (Å²) >= 11 is 0. The lowest BCUT2D eigenvalue weighted by Gasteiger charge is -2.26. The van der Waals surface area contributed by atoms with Crippen LogP contribution in [-0.2, 0) is 14.2 Å². The van der Waals surface area contributed by atoms with Crippen LogP contribution >= 0.6 is 24.0 Å². The summed E-state index contributed by atoms with van der Waals surface area (Å²) in [6.45, 7) is 13.0. The molecule has 1 amide bonds. The zero-order valence-corrected chi connectivity index (χ0v) is 21.3. The molecule has 0 aromatic heterocycles. The van der Waals surface area contributed by atoms with Crippen LogP contribution < -0.4 is 10.6 Å². The molecule has 0 spiro atoms. The van der Waals surface area contributed by atoms with Crippen molar-refractivity contribution in [2.75, 3.05) is 60.2 Å². The van der Waals surface area contributed by atoms with Crippen molar-refractivity contribution < 1.29 is 19.0 Å². The SMILES string of the molecule is CN=C(NCCCOCC1CCOC1)NCC(C)CN(C)C(=O)OC(C)(C)C.I. The molecule has 2 N–H and O–H groups in total. The van der Waals surface area contributed by atoms with E-state index < -0.39 is 5.60 Å². The first-order valence-corrected chi connectivity index (χ1v) is 10.3. The van der Waals surface area contributed by atoms with E-state index >= 15 is 0 Å². The number of hydrogen-bond acceptors (Lipinski definition) is 5. The molecule has 9 heteroatoms. The van der Waals surface area contributed by atoms with Crippen molar-refractivity contribution in [3.63, 3.8) is 0 Å². The minimum Gasteiger partial charge on any atom is -0.444 e. The number of hydrogen-bond donors (Lipinski definition) is 2. The van der Waals surface area contributed by atoms with E-state index in [1.54, 1.807) is 19.0 Å². The van der Waals surface area contributed by atoms with E-state index in [4.69, 9.17) is 14.2 Å². The Morgan fingerprint density at radius 3 is 2.66 bits per heavy atom. The van der Waals surface area contributed by atoms with Gasteiger partial charge in [0.15, 0.2) is 5.96 Å². The molecule has 0 bridgehead atoms. The smallest absolute Gasteiger partial charge is 0.410 e. The maximum Gasteiger partial charge on any atom is 0.410 e. The number of rotatable bonds is 10. The maximum absolute atomic E-state index is 12.0. The monoisotopic (exact) mass is 528 g/mol. The van der Waals surface area contributed by atoms with Gasteiger partial charge in [0, 0.05) is 52.9 Å². The average Bonchev–Trinajstić information content (AvgIpc) is 3.12. The molecule has 0 aliphatic carbocycles. The number of nitrogens with zero attached hydrogens (tertiary/aromatic N) is 2. The molecule has 0 saturated carbocycles. The number of guanidine groups is 1. The molecule has 0 aromatic carbocycles. The molecule has 1 aliphatic heterocycles. The molecule has 1 rings (SSSR count). The van der Waals surface area contributed by atoms with Gasteiger partial charge < -0.3 is 29.7 Å². The van der Waals surface area contributed by atoms with Gasteiger partial charge in [-0.2, -0.15) is 0 Å². The predicted octanol–water partition coefficient (Wildman–Crippen LogP) is 2.72. The molecule has 8 nitrogen and oxygen atoms in total. The van der Waals surface area contributed by atoms with Crippen LogP contribution in [0.4, 0.5) is 4.79 Å². The first-order chi connectivity index (χ1) is 13.2. The van der Waals surface area contributed by atoms with Gasteiger partial charge in [-0.15, -0.1) is 24.0 Å². The molecule has 29 heavy (non-hydrogen) atoms. The van der Waals surface area contributed by atoms with E-state index in [9.17, 15) is 4.79 Å². The lowest BCUT2D eigenvalue weighted by Crippen LogP contribution is -2.43. The normalized spacial score (nSPS) is 18.0. The standard InChI is InChI=1S/C20H40N4O4.HI/c1-16(13-24(6)19(25)28-20(2,3)4)12-23-18(21-5)22-9-7-10-26-14-17-8-11-27-15-17;/h16-17H,7-15H2,1-6H3,(H2,21,22,23);1H. The van der Waals surface area contributed by atoms with Crippen molar-refractivity contribution in [3.05, 3.63) is 0 Å². The minimum atomic E-state index is -0.479. The third kappa shape index (κ3) is 13.9. The van der Waals surface area contributed by atoms with Gasteiger partial charge >= 0.3 is 6.09 Å². The molecule has 1 aliphatic rings. The summed E-state index contributed by atoms with van der Waals surface area (Å²) in [7, 11) is 3.51. The first kappa shape index (κ1) is 28.2. The quantitative estimate of drug-likeness (QED) is 0.196. The summed E-state index contributed by atoms with van der Waals surface area (Å²) in [5.41, 5.74) is -0.479. The Morgan fingerprint density at radius 2 is 2.07 bits per heavy atom. The number of carbonyl (C=O) groups is 1. The van der Waals surface area contributed by atoms with Crippen LogP contribution in [0.1, 0.15) is 40.5 Å². The van der Waals surface area contributed by atoms with E-state index in [-0.39, 0.29) is 36.0 Å². The highest BCUT2D eigenvalue weighted by Gasteiger charge is 2.20. The fraction of sp³-hybridized carbons (Fsp3) is 0.900. The van der Waals surface area contributed by atoms with Gasteiger partial charge in [-0.1, -0.05) is 6.92 Å². The third-order valence-corrected chi connectivity index (χ3v) is 4.27. The van der Waals surface area contributed by atoms with Gasteiger partial charge in [-0.05, 0) is 39.5 Å². The van der Waals surface area contributed by atoms with Crippen molar-refractivity contribution in [2.45, 2.75) is 46.1 Å². The highest BCUT2D eigenvalue weighted by atomic mass is 127. The molecule has 2 unspecified atom stereocenters. The minimum absolute atomic E-state index is 0. The van der Waals surface area contributed by atoms with E-state index in [0.29, 0.717) is 19.0 Å². The van der Waals surface area contributed by atoms with Crippen LogP contribution in [0.25, 0.3) is 0 Å².